The van der Waals surface area contributed by atoms with Gasteiger partial charge in [-0.1, -0.05) is 64.7 Å². The maximum Gasteiger partial charge on any atom is 0.490 e. The summed E-state index contributed by atoms with van der Waals surface area (Å²) in [5.41, 5.74) is 0. The van der Waals surface area contributed by atoms with Crippen LogP contribution in [0, 0.1) is 0 Å². The smallest absolute Gasteiger partial charge is 0.425 e. The zero-order chi connectivity index (χ0) is 13.1. The molecule has 0 aliphatic rings. The molecule has 2 N–H and O–H groups in total. The van der Waals surface area contributed by atoms with Gasteiger partial charge in [0.1, 0.15) is 0 Å². The van der Waals surface area contributed by atoms with Crippen molar-refractivity contribution >= 4 is 30.3 Å². The fraction of sp³-hybridized carbons (Fsp3) is 1.00. The predicted octanol–water partition coefficient (Wildman–Crippen LogP) is 4.09. The minimum atomic E-state index is -1.65. The van der Waals surface area contributed by atoms with Crippen LogP contribution in [-0.2, 0) is 0 Å². The van der Waals surface area contributed by atoms with Crippen molar-refractivity contribution in [3.05, 3.63) is 0 Å². The maximum absolute atomic E-state index is 8.89. The van der Waals surface area contributed by atoms with Gasteiger partial charge in [-0.15, -0.1) is 23.2 Å². The van der Waals surface area contributed by atoms with Gasteiger partial charge in [0.2, 0.25) is 0 Å². The molecule has 0 aliphatic heterocycles. The van der Waals surface area contributed by atoms with Gasteiger partial charge in [-0.05, 0) is 6.42 Å². The molecule has 0 heterocycles. The monoisotopic (exact) mass is 282 g/mol. The third kappa shape index (κ3) is 10.2. The third-order valence-corrected chi connectivity index (χ3v) is 3.76. The Hall–Kier alpha value is 0.565. The van der Waals surface area contributed by atoms with E-state index < -0.39 is 11.4 Å². The fourth-order valence-electron chi connectivity index (χ4n) is 1.80. The Kier molecular flexibility index (Phi) is 10.8. The molecule has 0 aliphatic carbocycles. The second-order valence-electron chi connectivity index (χ2n) is 4.71. The van der Waals surface area contributed by atoms with E-state index in [0.717, 1.165) is 12.8 Å². The summed E-state index contributed by atoms with van der Waals surface area (Å²) in [5.74, 6) is 0. The van der Waals surface area contributed by atoms with Gasteiger partial charge < -0.3 is 10.0 Å². The van der Waals surface area contributed by atoms with Crippen molar-refractivity contribution < 1.29 is 10.0 Å². The highest BCUT2D eigenvalue weighted by atomic mass is 35.5. The van der Waals surface area contributed by atoms with E-state index in [0.29, 0.717) is 6.42 Å². The molecule has 0 saturated heterocycles. The normalized spacial score (nSPS) is 11.8. The van der Waals surface area contributed by atoms with Gasteiger partial charge >= 0.3 is 7.12 Å². The summed E-state index contributed by atoms with van der Waals surface area (Å²) in [7, 11) is -1.65. The Morgan fingerprint density at radius 3 is 1.65 bits per heavy atom. The lowest BCUT2D eigenvalue weighted by Crippen LogP contribution is -2.35. The maximum atomic E-state index is 8.89. The summed E-state index contributed by atoms with van der Waals surface area (Å²) >= 11 is 11.5. The Morgan fingerprint density at radius 2 is 1.24 bits per heavy atom. The molecule has 0 atom stereocenters. The van der Waals surface area contributed by atoms with E-state index in [9.17, 15) is 0 Å². The molecule has 0 aromatic carbocycles. The molecule has 0 amide bonds. The molecule has 0 unspecified atom stereocenters. The van der Waals surface area contributed by atoms with Crippen LogP contribution in [0.25, 0.3) is 0 Å². The molecule has 0 spiro atoms. The highest BCUT2D eigenvalue weighted by Gasteiger charge is 2.37. The predicted molar refractivity (Wildman–Crippen MR) is 76.5 cm³/mol. The van der Waals surface area contributed by atoms with Crippen LogP contribution in [0.2, 0.25) is 0 Å². The zero-order valence-corrected chi connectivity index (χ0v) is 12.3. The summed E-state index contributed by atoms with van der Waals surface area (Å²) in [6.45, 7) is 2.22. The SMILES string of the molecule is CCCCCCCCCCCC(Cl)(Cl)B(O)O. The van der Waals surface area contributed by atoms with Gasteiger partial charge in [-0.3, -0.25) is 0 Å². The van der Waals surface area contributed by atoms with E-state index in [1.807, 2.05) is 0 Å². The number of halogens is 2. The molecule has 5 heteroatoms. The number of hydrogen-bond acceptors (Lipinski definition) is 2. The van der Waals surface area contributed by atoms with Crippen molar-refractivity contribution in [2.24, 2.45) is 0 Å². The van der Waals surface area contributed by atoms with E-state index in [-0.39, 0.29) is 0 Å². The molecule has 0 aromatic rings. The Bertz CT molecular complexity index is 178. The molecule has 0 bridgehead atoms. The molecule has 0 saturated carbocycles. The summed E-state index contributed by atoms with van der Waals surface area (Å²) < 4.78 is -1.40. The highest BCUT2D eigenvalue weighted by Crippen LogP contribution is 2.29. The van der Waals surface area contributed by atoms with Crippen LogP contribution in [0.4, 0.5) is 0 Å². The van der Waals surface area contributed by atoms with Crippen LogP contribution in [0.15, 0.2) is 0 Å². The van der Waals surface area contributed by atoms with Gasteiger partial charge in [0.15, 0.2) is 4.23 Å². The molecular weight excluding hydrogens is 258 g/mol. The second kappa shape index (κ2) is 10.5. The molecule has 0 aromatic heterocycles. The van der Waals surface area contributed by atoms with Crippen molar-refractivity contribution in [3.63, 3.8) is 0 Å². The van der Waals surface area contributed by atoms with Crippen molar-refractivity contribution in [1.29, 1.82) is 0 Å². The van der Waals surface area contributed by atoms with Crippen molar-refractivity contribution in [2.45, 2.75) is 75.4 Å². The number of hydrogen-bond donors (Lipinski definition) is 2. The van der Waals surface area contributed by atoms with Crippen LogP contribution in [-0.4, -0.2) is 21.4 Å². The summed E-state index contributed by atoms with van der Waals surface area (Å²) in [6, 6.07) is 0. The topological polar surface area (TPSA) is 40.5 Å². The summed E-state index contributed by atoms with van der Waals surface area (Å²) in [6.07, 6.45) is 11.4. The van der Waals surface area contributed by atoms with E-state index in [2.05, 4.69) is 6.92 Å². The minimum absolute atomic E-state index is 0.434. The summed E-state index contributed by atoms with van der Waals surface area (Å²) in [5, 5.41) is 17.8. The Balaban J connectivity index is 3.24. The van der Waals surface area contributed by atoms with Gasteiger partial charge in [0.25, 0.3) is 0 Å². The van der Waals surface area contributed by atoms with Gasteiger partial charge in [-0.2, -0.15) is 0 Å². The second-order valence-corrected chi connectivity index (χ2v) is 6.26. The Morgan fingerprint density at radius 1 is 0.824 bits per heavy atom. The standard InChI is InChI=1S/C12H25BCl2O2/c1-2-3-4-5-6-7-8-9-10-11-12(14,15)13(16)17/h16-17H,2-11H2,1H3. The first-order valence-electron chi connectivity index (χ1n) is 6.74. The largest absolute Gasteiger partial charge is 0.490 e. The molecule has 2 nitrogen and oxygen atoms in total. The van der Waals surface area contributed by atoms with Crippen molar-refractivity contribution in [3.8, 4) is 0 Å². The van der Waals surface area contributed by atoms with E-state index in [1.165, 1.54) is 44.9 Å². The van der Waals surface area contributed by atoms with Gasteiger partial charge in [-0.25, -0.2) is 0 Å². The lowest BCUT2D eigenvalue weighted by atomic mass is 9.81. The number of unbranched alkanes of at least 4 members (excludes halogenated alkanes) is 8. The number of rotatable bonds is 11. The van der Waals surface area contributed by atoms with Crippen molar-refractivity contribution in [2.75, 3.05) is 0 Å². The van der Waals surface area contributed by atoms with Crippen LogP contribution < -0.4 is 0 Å². The minimum Gasteiger partial charge on any atom is -0.425 e. The molecule has 0 rings (SSSR count). The first kappa shape index (κ1) is 17.6. The van der Waals surface area contributed by atoms with Crippen LogP contribution in [0.3, 0.4) is 0 Å². The summed E-state index contributed by atoms with van der Waals surface area (Å²) in [4.78, 5) is 0. The van der Waals surface area contributed by atoms with E-state index in [4.69, 9.17) is 33.2 Å². The zero-order valence-electron chi connectivity index (χ0n) is 10.8. The van der Waals surface area contributed by atoms with Crippen LogP contribution in [0.5, 0.6) is 0 Å². The highest BCUT2D eigenvalue weighted by molar-refractivity contribution is 6.75. The molecule has 0 fully saturated rings. The average molecular weight is 283 g/mol. The lowest BCUT2D eigenvalue weighted by Gasteiger charge is -2.17. The first-order valence-corrected chi connectivity index (χ1v) is 7.50. The fourth-order valence-corrected chi connectivity index (χ4v) is 2.07. The van der Waals surface area contributed by atoms with Crippen LogP contribution >= 0.6 is 23.2 Å². The molecule has 17 heavy (non-hydrogen) atoms. The molecule has 0 radical (unpaired) electrons. The van der Waals surface area contributed by atoms with E-state index in [1.54, 1.807) is 0 Å². The third-order valence-electron chi connectivity index (χ3n) is 2.99. The van der Waals surface area contributed by atoms with Gasteiger partial charge in [0, 0.05) is 0 Å². The van der Waals surface area contributed by atoms with E-state index >= 15 is 0 Å². The first-order chi connectivity index (χ1) is 8.00. The Labute approximate surface area is 116 Å². The molecular formula is C12H25BCl2O2. The number of alkyl halides is 2. The molecule has 102 valence electrons. The average Bonchev–Trinajstić information content (AvgIpc) is 2.26. The van der Waals surface area contributed by atoms with Gasteiger partial charge in [0.05, 0.1) is 0 Å². The van der Waals surface area contributed by atoms with Crippen molar-refractivity contribution in [1.82, 2.24) is 0 Å². The quantitative estimate of drug-likeness (QED) is 0.340. The van der Waals surface area contributed by atoms with Crippen LogP contribution in [0.1, 0.15) is 71.1 Å². The lowest BCUT2D eigenvalue weighted by molar-refractivity contribution is 0.388.